The summed E-state index contributed by atoms with van der Waals surface area (Å²) in [6.45, 7) is 14.7. The Bertz CT molecular complexity index is 126. The smallest absolute Gasteiger partial charge is 0.0662 e. The van der Waals surface area contributed by atoms with Gasteiger partial charge in [0, 0.05) is 0 Å². The van der Waals surface area contributed by atoms with E-state index in [4.69, 9.17) is 14.9 Å². The highest BCUT2D eigenvalue weighted by Gasteiger charge is 1.70. The minimum Gasteiger partial charge on any atom is -0.394 e. The van der Waals surface area contributed by atoms with Crippen molar-refractivity contribution in [2.75, 3.05) is 26.4 Å². The van der Waals surface area contributed by atoms with Gasteiger partial charge >= 0.3 is 0 Å². The number of allylic oxidation sites excluding steroid dienone is 2. The van der Waals surface area contributed by atoms with Gasteiger partial charge in [-0.1, -0.05) is 37.5 Å². The second kappa shape index (κ2) is 29.3. The van der Waals surface area contributed by atoms with E-state index in [2.05, 4.69) is 26.3 Å². The average molecular weight is 214 g/mol. The Hall–Kier alpha value is -1.16. The van der Waals surface area contributed by atoms with Crippen molar-refractivity contribution in [2.45, 2.75) is 0 Å². The molecule has 0 aromatic carbocycles. The third-order valence-corrected chi connectivity index (χ3v) is 0.738. The van der Waals surface area contributed by atoms with Crippen LogP contribution in [-0.4, -0.2) is 36.6 Å². The van der Waals surface area contributed by atoms with Crippen molar-refractivity contribution in [2.24, 2.45) is 0 Å². The first-order valence-corrected chi connectivity index (χ1v) is 4.49. The number of aliphatic hydroxyl groups is 2. The van der Waals surface area contributed by atoms with Crippen molar-refractivity contribution in [3.8, 4) is 0 Å². The molecule has 0 aliphatic heterocycles. The van der Waals surface area contributed by atoms with E-state index in [0.29, 0.717) is 13.2 Å². The summed E-state index contributed by atoms with van der Waals surface area (Å²) in [7, 11) is 0. The van der Waals surface area contributed by atoms with Crippen molar-refractivity contribution >= 4 is 0 Å². The third kappa shape index (κ3) is 64.4. The lowest BCUT2D eigenvalue weighted by Crippen LogP contribution is -1.87. The van der Waals surface area contributed by atoms with Crippen LogP contribution in [-0.2, 0) is 4.74 Å². The summed E-state index contributed by atoms with van der Waals surface area (Å²) in [5, 5.41) is 15.2. The van der Waals surface area contributed by atoms with Crippen LogP contribution in [0.15, 0.2) is 50.6 Å². The standard InChI is InChI=1S/C6H10O.C4H6.C2H6O2/c1-3-5-7-6-4-2;1-3-4-2;3-1-2-4/h3-4H,1-2,5-6H2;2*3-4H,1-2H2. The van der Waals surface area contributed by atoms with Gasteiger partial charge in [0.1, 0.15) is 0 Å². The zero-order valence-electron chi connectivity index (χ0n) is 9.27. The fourth-order valence-electron chi connectivity index (χ4n) is 0.235. The fraction of sp³-hybridized carbons (Fsp3) is 0.333. The summed E-state index contributed by atoms with van der Waals surface area (Å²) in [4.78, 5) is 0. The van der Waals surface area contributed by atoms with Crippen molar-refractivity contribution in [3.63, 3.8) is 0 Å². The molecule has 0 aromatic rings. The number of ether oxygens (including phenoxy) is 1. The van der Waals surface area contributed by atoms with E-state index in [1.807, 2.05) is 0 Å². The number of aliphatic hydroxyl groups excluding tert-OH is 2. The summed E-state index contributed by atoms with van der Waals surface area (Å²) >= 11 is 0. The first-order valence-electron chi connectivity index (χ1n) is 4.49. The molecule has 0 fully saturated rings. The third-order valence-electron chi connectivity index (χ3n) is 0.738. The maximum absolute atomic E-state index is 7.62. The zero-order chi connectivity index (χ0) is 12.4. The first kappa shape index (κ1) is 19.4. The maximum Gasteiger partial charge on any atom is 0.0662 e. The topological polar surface area (TPSA) is 49.7 Å². The summed E-state index contributed by atoms with van der Waals surface area (Å²) < 4.78 is 4.90. The van der Waals surface area contributed by atoms with Gasteiger partial charge in [0.2, 0.25) is 0 Å². The van der Waals surface area contributed by atoms with Gasteiger partial charge in [-0.05, 0) is 0 Å². The molecule has 0 aromatic heterocycles. The number of hydrogen-bond donors (Lipinski definition) is 2. The largest absolute Gasteiger partial charge is 0.394 e. The first-order chi connectivity index (χ1) is 7.24. The summed E-state index contributed by atoms with van der Waals surface area (Å²) in [6.07, 6.45) is 6.70. The quantitative estimate of drug-likeness (QED) is 0.402. The molecule has 0 radical (unpaired) electrons. The van der Waals surface area contributed by atoms with Crippen LogP contribution < -0.4 is 0 Å². The highest BCUT2D eigenvalue weighted by molar-refractivity contribution is 4.88. The lowest BCUT2D eigenvalue weighted by molar-refractivity contribution is 0.186. The van der Waals surface area contributed by atoms with Crippen LogP contribution in [0.25, 0.3) is 0 Å². The lowest BCUT2D eigenvalue weighted by Gasteiger charge is -1.89. The van der Waals surface area contributed by atoms with Gasteiger partial charge in [0.15, 0.2) is 0 Å². The molecular weight excluding hydrogens is 192 g/mol. The van der Waals surface area contributed by atoms with Crippen molar-refractivity contribution in [1.82, 2.24) is 0 Å². The minimum absolute atomic E-state index is 0.125. The Morgan fingerprint density at radius 3 is 1.27 bits per heavy atom. The van der Waals surface area contributed by atoms with Gasteiger partial charge in [-0.3, -0.25) is 0 Å². The van der Waals surface area contributed by atoms with Crippen molar-refractivity contribution < 1.29 is 14.9 Å². The van der Waals surface area contributed by atoms with E-state index in [1.165, 1.54) is 0 Å². The molecule has 0 amide bonds. The van der Waals surface area contributed by atoms with Crippen LogP contribution in [0.4, 0.5) is 0 Å². The second-order valence-corrected chi connectivity index (χ2v) is 2.03. The lowest BCUT2D eigenvalue weighted by atomic mass is 10.6. The van der Waals surface area contributed by atoms with Gasteiger partial charge in [-0.2, -0.15) is 0 Å². The Morgan fingerprint density at radius 1 is 0.800 bits per heavy atom. The predicted molar refractivity (Wildman–Crippen MR) is 65.8 cm³/mol. The normalized spacial score (nSPS) is 7.07. The summed E-state index contributed by atoms with van der Waals surface area (Å²) in [5.74, 6) is 0. The molecule has 0 atom stereocenters. The van der Waals surface area contributed by atoms with E-state index in [0.717, 1.165) is 0 Å². The second-order valence-electron chi connectivity index (χ2n) is 2.03. The Balaban J connectivity index is -0.000000155. The van der Waals surface area contributed by atoms with Crippen LogP contribution in [0.2, 0.25) is 0 Å². The number of rotatable bonds is 6. The van der Waals surface area contributed by atoms with E-state index < -0.39 is 0 Å². The summed E-state index contributed by atoms with van der Waals surface area (Å²) in [6, 6.07) is 0. The van der Waals surface area contributed by atoms with Crippen LogP contribution in [0.3, 0.4) is 0 Å². The zero-order valence-corrected chi connectivity index (χ0v) is 9.27. The SMILES string of the molecule is C=CC=C.C=CCOCC=C.OCCO. The molecular formula is C12H22O3. The highest BCUT2D eigenvalue weighted by Crippen LogP contribution is 1.72. The molecule has 2 N–H and O–H groups in total. The molecule has 0 saturated heterocycles. The van der Waals surface area contributed by atoms with Gasteiger partial charge in [0.25, 0.3) is 0 Å². The molecule has 3 heteroatoms. The average Bonchev–Trinajstić information content (AvgIpc) is 2.30. The van der Waals surface area contributed by atoms with E-state index in [-0.39, 0.29) is 13.2 Å². The Morgan fingerprint density at radius 2 is 1.13 bits per heavy atom. The molecule has 0 bridgehead atoms. The van der Waals surface area contributed by atoms with Crippen molar-refractivity contribution in [1.29, 1.82) is 0 Å². The molecule has 0 spiro atoms. The highest BCUT2D eigenvalue weighted by atomic mass is 16.5. The fourth-order valence-corrected chi connectivity index (χ4v) is 0.235. The molecule has 88 valence electrons. The van der Waals surface area contributed by atoms with Crippen LogP contribution in [0, 0.1) is 0 Å². The Labute approximate surface area is 92.7 Å². The molecule has 0 aliphatic carbocycles. The summed E-state index contributed by atoms with van der Waals surface area (Å²) in [5.41, 5.74) is 0. The van der Waals surface area contributed by atoms with Crippen LogP contribution in [0.5, 0.6) is 0 Å². The molecule has 0 heterocycles. The predicted octanol–water partition coefficient (Wildman–Crippen LogP) is 1.70. The van der Waals surface area contributed by atoms with Crippen LogP contribution in [0.1, 0.15) is 0 Å². The maximum atomic E-state index is 7.62. The van der Waals surface area contributed by atoms with Gasteiger partial charge in [-0.15, -0.1) is 13.2 Å². The van der Waals surface area contributed by atoms with Crippen molar-refractivity contribution in [3.05, 3.63) is 50.6 Å². The van der Waals surface area contributed by atoms with Gasteiger partial charge < -0.3 is 14.9 Å². The molecule has 0 aliphatic rings. The van der Waals surface area contributed by atoms with Gasteiger partial charge in [0.05, 0.1) is 26.4 Å². The molecule has 3 nitrogen and oxygen atoms in total. The van der Waals surface area contributed by atoms with Gasteiger partial charge in [-0.25, -0.2) is 0 Å². The minimum atomic E-state index is -0.125. The van der Waals surface area contributed by atoms with E-state index in [1.54, 1.807) is 24.3 Å². The molecule has 15 heavy (non-hydrogen) atoms. The Kier molecular flexibility index (Phi) is 37.9. The molecule has 0 unspecified atom stereocenters. The molecule has 0 rings (SSSR count). The number of hydrogen-bond acceptors (Lipinski definition) is 3. The van der Waals surface area contributed by atoms with Crippen LogP contribution >= 0.6 is 0 Å². The monoisotopic (exact) mass is 214 g/mol. The van der Waals surface area contributed by atoms with E-state index in [9.17, 15) is 0 Å². The van der Waals surface area contributed by atoms with E-state index >= 15 is 0 Å². The molecule has 0 saturated carbocycles.